The van der Waals surface area contributed by atoms with E-state index in [0.717, 1.165) is 19.3 Å². The van der Waals surface area contributed by atoms with Gasteiger partial charge in [-0.05, 0) is 20.5 Å². The van der Waals surface area contributed by atoms with Gasteiger partial charge in [-0.1, -0.05) is 103 Å². The van der Waals surface area contributed by atoms with E-state index in [-0.39, 0.29) is 32.4 Å². The molecule has 9 nitrogen and oxygen atoms in total. The minimum absolute atomic E-state index is 0.0203. The number of rotatable bonds is 29. The minimum atomic E-state index is -4.29. The Kier molecular flexibility index (Phi) is 25.6. The summed E-state index contributed by atoms with van der Waals surface area (Å²) in [5, 5.41) is 9.37. The Bertz CT molecular complexity index is 634. The van der Waals surface area contributed by atoms with Crippen LogP contribution in [-0.2, 0) is 27.9 Å². The summed E-state index contributed by atoms with van der Waals surface area (Å²) in [4.78, 5) is 23.9. The molecule has 0 heterocycles. The summed E-state index contributed by atoms with van der Waals surface area (Å²) >= 11 is 0. The van der Waals surface area contributed by atoms with Crippen LogP contribution in [0.4, 0.5) is 0 Å². The van der Waals surface area contributed by atoms with Crippen molar-refractivity contribution in [2.75, 3.05) is 47.1 Å². The predicted molar refractivity (Wildman–Crippen MR) is 157 cm³/mol. The molecule has 0 amide bonds. The van der Waals surface area contributed by atoms with Gasteiger partial charge < -0.3 is 24.4 Å². The number of aliphatic hydroxyl groups excluding tert-OH is 1. The topological polar surface area (TPSA) is 115 Å². The predicted octanol–water partition coefficient (Wildman–Crippen LogP) is 6.42. The summed E-state index contributed by atoms with van der Waals surface area (Å²) in [5.74, 6) is -0.355. The molecule has 0 saturated heterocycles. The molecule has 0 rings (SSSR count). The lowest BCUT2D eigenvalue weighted by atomic mass is 10.0. The molecule has 0 aliphatic heterocycles. The summed E-state index contributed by atoms with van der Waals surface area (Å²) in [6.07, 6.45) is 19.0. The number of phosphoric acid groups is 1. The number of esters is 1. The third-order valence-electron chi connectivity index (χ3n) is 6.44. The first-order chi connectivity index (χ1) is 18.7. The van der Waals surface area contributed by atoms with Gasteiger partial charge >= 0.3 is 13.8 Å². The van der Waals surface area contributed by atoms with Crippen molar-refractivity contribution >= 4 is 13.8 Å². The van der Waals surface area contributed by atoms with Crippen molar-refractivity contribution in [1.29, 1.82) is 0 Å². The summed E-state index contributed by atoms with van der Waals surface area (Å²) < 4.78 is 33.0. The summed E-state index contributed by atoms with van der Waals surface area (Å²) in [5.41, 5.74) is 0. The molecule has 0 bridgehead atoms. The van der Waals surface area contributed by atoms with Crippen LogP contribution in [0.3, 0.4) is 0 Å². The van der Waals surface area contributed by atoms with Gasteiger partial charge in [-0.3, -0.25) is 13.8 Å². The van der Waals surface area contributed by atoms with E-state index in [4.69, 9.17) is 18.5 Å². The van der Waals surface area contributed by atoms with Crippen molar-refractivity contribution in [2.45, 2.75) is 122 Å². The van der Waals surface area contributed by atoms with Crippen LogP contribution in [0.25, 0.3) is 0 Å². The molecule has 0 spiro atoms. The van der Waals surface area contributed by atoms with Gasteiger partial charge in [0.2, 0.25) is 0 Å². The van der Waals surface area contributed by atoms with Gasteiger partial charge in [0.05, 0.1) is 25.9 Å². The molecule has 0 aromatic rings. The van der Waals surface area contributed by atoms with Crippen molar-refractivity contribution in [3.63, 3.8) is 0 Å². The van der Waals surface area contributed by atoms with Crippen LogP contribution in [0.2, 0.25) is 0 Å². The van der Waals surface area contributed by atoms with Crippen molar-refractivity contribution < 1.29 is 37.9 Å². The molecule has 0 fully saturated rings. The van der Waals surface area contributed by atoms with Gasteiger partial charge in [-0.2, -0.15) is 0 Å². The fourth-order valence-corrected chi connectivity index (χ4v) is 4.74. The number of unbranched alkanes of at least 4 members (excludes halogenated alkanes) is 14. The highest BCUT2D eigenvalue weighted by atomic mass is 31.2. The third-order valence-corrected chi connectivity index (χ3v) is 7.43. The summed E-state index contributed by atoms with van der Waals surface area (Å²) in [6.45, 7) is 5.47. The van der Waals surface area contributed by atoms with E-state index in [9.17, 15) is 19.4 Å². The molecule has 0 aliphatic rings. The number of nitrogens with zero attached hydrogens (tertiary/aromatic N) is 1. The molecule has 0 aromatic carbocycles. The van der Waals surface area contributed by atoms with E-state index in [1.165, 1.54) is 83.1 Å². The van der Waals surface area contributed by atoms with Gasteiger partial charge in [0.15, 0.2) is 0 Å². The Hall–Kier alpha value is -0.800. The van der Waals surface area contributed by atoms with Crippen LogP contribution in [0.15, 0.2) is 12.7 Å². The van der Waals surface area contributed by atoms with Crippen molar-refractivity contribution in [1.82, 2.24) is 4.90 Å². The first-order valence-electron chi connectivity index (χ1n) is 15.0. The molecule has 39 heavy (non-hydrogen) atoms. The summed E-state index contributed by atoms with van der Waals surface area (Å²) in [6, 6.07) is 0. The zero-order valence-corrected chi connectivity index (χ0v) is 25.9. The first kappa shape index (κ1) is 38.2. The third kappa shape index (κ3) is 25.9. The molecular formula is C29H58NO8P. The van der Waals surface area contributed by atoms with Crippen molar-refractivity contribution in [2.24, 2.45) is 0 Å². The fraction of sp³-hybridized carbons (Fsp3) is 0.897. The molecule has 0 aromatic heterocycles. The molecule has 10 heteroatoms. The number of hydrogen-bond acceptors (Lipinski definition) is 8. The van der Waals surface area contributed by atoms with Gasteiger partial charge in [0.1, 0.15) is 12.7 Å². The van der Waals surface area contributed by atoms with Crippen LogP contribution in [0.5, 0.6) is 0 Å². The SMILES string of the molecule is C=CC(CO)OC(COC(=O)CCCCCCCCCCCCCCCCC)COP(=O)(O)OCCN(C)C. The second-order valence-electron chi connectivity index (χ2n) is 10.5. The molecule has 3 unspecified atom stereocenters. The standard InChI is InChI=1S/C29H58NO8P/c1-5-7-8-9-10-11-12-13-14-15-16-17-18-19-20-21-29(32)35-25-28(38-27(6-2)24-31)26-37-39(33,34)36-23-22-30(3)4/h6,27-28,31H,2,5,7-26H2,1,3-4H3,(H,33,34). The maximum absolute atomic E-state index is 12.2. The van der Waals surface area contributed by atoms with Crippen molar-refractivity contribution in [3.05, 3.63) is 12.7 Å². The van der Waals surface area contributed by atoms with Crippen LogP contribution in [-0.4, -0.2) is 80.1 Å². The highest BCUT2D eigenvalue weighted by Crippen LogP contribution is 2.43. The number of ether oxygens (including phenoxy) is 2. The molecule has 3 atom stereocenters. The zero-order valence-electron chi connectivity index (χ0n) is 25.0. The Balaban J connectivity index is 4.01. The molecule has 0 saturated carbocycles. The van der Waals surface area contributed by atoms with E-state index >= 15 is 0 Å². The first-order valence-corrected chi connectivity index (χ1v) is 16.5. The van der Waals surface area contributed by atoms with Crippen LogP contribution < -0.4 is 0 Å². The quantitative estimate of drug-likeness (QED) is 0.0448. The lowest BCUT2D eigenvalue weighted by molar-refractivity contribution is -0.150. The Morgan fingerprint density at radius 2 is 1.38 bits per heavy atom. The average molecular weight is 580 g/mol. The van der Waals surface area contributed by atoms with Gasteiger partial charge in [0, 0.05) is 13.0 Å². The number of likely N-dealkylation sites (N-methyl/N-ethyl adjacent to an activating group) is 1. The second kappa shape index (κ2) is 26.1. The maximum atomic E-state index is 12.2. The van der Waals surface area contributed by atoms with E-state index < -0.39 is 20.0 Å². The molecule has 0 aliphatic carbocycles. The zero-order chi connectivity index (χ0) is 29.2. The molecule has 0 radical (unpaired) electrons. The fourth-order valence-electron chi connectivity index (χ4n) is 4.00. The largest absolute Gasteiger partial charge is 0.472 e. The monoisotopic (exact) mass is 579 g/mol. The number of carbonyl (C=O) groups is 1. The van der Waals surface area contributed by atoms with Gasteiger partial charge in [-0.15, -0.1) is 6.58 Å². The van der Waals surface area contributed by atoms with E-state index in [2.05, 4.69) is 13.5 Å². The van der Waals surface area contributed by atoms with Crippen LogP contribution in [0.1, 0.15) is 110 Å². The normalized spacial score (nSPS) is 14.7. The van der Waals surface area contributed by atoms with E-state index in [0.29, 0.717) is 13.0 Å². The smallest absolute Gasteiger partial charge is 0.463 e. The van der Waals surface area contributed by atoms with E-state index in [1.807, 2.05) is 14.1 Å². The number of hydrogen-bond donors (Lipinski definition) is 2. The molecule has 232 valence electrons. The minimum Gasteiger partial charge on any atom is -0.463 e. The second-order valence-corrected chi connectivity index (χ2v) is 12.0. The Morgan fingerprint density at radius 3 is 1.85 bits per heavy atom. The van der Waals surface area contributed by atoms with Crippen molar-refractivity contribution in [3.8, 4) is 0 Å². The lowest BCUT2D eigenvalue weighted by Crippen LogP contribution is -2.32. The molecule has 2 N–H and O–H groups in total. The maximum Gasteiger partial charge on any atom is 0.472 e. The number of aliphatic hydroxyl groups is 1. The van der Waals surface area contributed by atoms with Gasteiger partial charge in [-0.25, -0.2) is 4.57 Å². The highest BCUT2D eigenvalue weighted by Gasteiger charge is 2.25. The van der Waals surface area contributed by atoms with Gasteiger partial charge in [0.25, 0.3) is 0 Å². The van der Waals surface area contributed by atoms with Crippen LogP contribution in [0, 0.1) is 0 Å². The molecular weight excluding hydrogens is 521 g/mol. The average Bonchev–Trinajstić information content (AvgIpc) is 2.90. The Labute approximate surface area is 238 Å². The Morgan fingerprint density at radius 1 is 0.872 bits per heavy atom. The number of carbonyl (C=O) groups excluding carboxylic acids is 1. The highest BCUT2D eigenvalue weighted by molar-refractivity contribution is 7.47. The lowest BCUT2D eigenvalue weighted by Gasteiger charge is -2.23. The van der Waals surface area contributed by atoms with E-state index in [1.54, 1.807) is 4.90 Å². The summed E-state index contributed by atoms with van der Waals surface area (Å²) in [7, 11) is -0.664. The van der Waals surface area contributed by atoms with Crippen LogP contribution >= 0.6 is 7.82 Å². The number of phosphoric ester groups is 1.